The summed E-state index contributed by atoms with van der Waals surface area (Å²) in [6.45, 7) is 0. The Bertz CT molecular complexity index is 1370. The summed E-state index contributed by atoms with van der Waals surface area (Å²) >= 11 is 3.12. The van der Waals surface area contributed by atoms with Crippen molar-refractivity contribution in [3.63, 3.8) is 0 Å². The van der Waals surface area contributed by atoms with Gasteiger partial charge in [-0.2, -0.15) is 15.5 Å². The summed E-state index contributed by atoms with van der Waals surface area (Å²) in [7, 11) is 0. The summed E-state index contributed by atoms with van der Waals surface area (Å²) in [5.74, 6) is 1.60. The molecule has 2 aliphatic rings. The normalized spacial score (nSPS) is 15.8. The first-order valence-electron chi connectivity index (χ1n) is 9.69. The zero-order valence-electron chi connectivity index (χ0n) is 16.4. The Hall–Kier alpha value is -3.56. The maximum atomic E-state index is 9.61. The minimum atomic E-state index is -0.235. The van der Waals surface area contributed by atoms with Crippen molar-refractivity contribution in [1.82, 2.24) is 35.4 Å². The van der Waals surface area contributed by atoms with Gasteiger partial charge >= 0.3 is 0 Å². The second kappa shape index (κ2) is 7.54. The average molecular weight is 460 g/mol. The van der Waals surface area contributed by atoms with Crippen LogP contribution in [0.5, 0.6) is 0 Å². The second-order valence-corrected chi connectivity index (χ2v) is 9.47. The first-order chi connectivity index (χ1) is 15.7. The number of aromatic nitrogens is 7. The van der Waals surface area contributed by atoms with Crippen molar-refractivity contribution in [2.75, 3.05) is 0 Å². The van der Waals surface area contributed by atoms with Crippen LogP contribution in [0.25, 0.3) is 17.3 Å². The number of hydrogen-bond donors (Lipinski definition) is 0. The molecule has 156 valence electrons. The van der Waals surface area contributed by atoms with E-state index in [1.54, 1.807) is 30.2 Å². The van der Waals surface area contributed by atoms with Crippen LogP contribution in [-0.4, -0.2) is 39.8 Å². The average Bonchev–Trinajstić information content (AvgIpc) is 3.25. The highest BCUT2D eigenvalue weighted by molar-refractivity contribution is 8.38. The van der Waals surface area contributed by atoms with E-state index in [1.165, 1.54) is 23.0 Å². The van der Waals surface area contributed by atoms with E-state index in [9.17, 15) is 5.26 Å². The Morgan fingerprint density at radius 1 is 1.16 bits per heavy atom. The fraction of sp³-hybridized carbons (Fsp3) is 0.200. The summed E-state index contributed by atoms with van der Waals surface area (Å²) in [5.41, 5.74) is 3.07. The van der Waals surface area contributed by atoms with E-state index >= 15 is 0 Å². The van der Waals surface area contributed by atoms with Gasteiger partial charge in [-0.1, -0.05) is 17.8 Å². The molecule has 12 heteroatoms. The Balaban J connectivity index is 1.23. The number of thioether (sulfide) groups is 2. The Morgan fingerprint density at radius 3 is 2.78 bits per heavy atom. The second-order valence-electron chi connectivity index (χ2n) is 7.27. The summed E-state index contributed by atoms with van der Waals surface area (Å²) in [6.07, 6.45) is 6.45. The Kier molecular flexibility index (Phi) is 4.51. The van der Waals surface area contributed by atoms with Crippen LogP contribution in [-0.2, 0) is 11.3 Å². The number of rotatable bonds is 4. The van der Waals surface area contributed by atoms with Crippen molar-refractivity contribution >= 4 is 27.9 Å². The van der Waals surface area contributed by atoms with Crippen LogP contribution in [0.2, 0.25) is 0 Å². The van der Waals surface area contributed by atoms with Gasteiger partial charge in [-0.15, -0.1) is 25.2 Å². The summed E-state index contributed by atoms with van der Waals surface area (Å²) in [6, 6.07) is 9.82. The molecule has 6 rings (SSSR count). The molecule has 1 fully saturated rings. The number of nitrogens with zero attached hydrogens (tertiary/aromatic N) is 9. The number of nitriles is 1. The molecule has 1 aliphatic heterocycles. The molecule has 0 bridgehead atoms. The number of benzene rings is 1. The van der Waals surface area contributed by atoms with Crippen molar-refractivity contribution in [1.29, 1.82) is 5.26 Å². The van der Waals surface area contributed by atoms with Crippen molar-refractivity contribution < 1.29 is 4.42 Å². The lowest BCUT2D eigenvalue weighted by atomic mass is 10.1. The molecule has 0 N–H and O–H groups in total. The number of hydrogen-bond acceptors (Lipinski definition) is 11. The van der Waals surface area contributed by atoms with Crippen molar-refractivity contribution in [2.24, 2.45) is 4.99 Å². The molecule has 0 amide bonds. The molecular formula is C20H13N9OS2. The van der Waals surface area contributed by atoms with Crippen LogP contribution in [0.3, 0.4) is 0 Å². The predicted octanol–water partition coefficient (Wildman–Crippen LogP) is 3.36. The zero-order chi connectivity index (χ0) is 21.5. The highest BCUT2D eigenvalue weighted by atomic mass is 32.2. The first kappa shape index (κ1) is 19.1. The maximum Gasteiger partial charge on any atom is 0.247 e. The SMILES string of the molecule is N#Cc1cc(-c2nnco2)ccc1CSC1=NC2(CC2)c2cc(-n3nccn3)nnc2S1. The molecule has 0 atom stereocenters. The number of fused-ring (bicyclic) bond motifs is 2. The molecule has 3 aromatic heterocycles. The molecular weight excluding hydrogens is 446 g/mol. The lowest BCUT2D eigenvalue weighted by Gasteiger charge is -2.21. The van der Waals surface area contributed by atoms with E-state index in [4.69, 9.17) is 9.41 Å². The van der Waals surface area contributed by atoms with Crippen LogP contribution in [0.1, 0.15) is 29.5 Å². The van der Waals surface area contributed by atoms with Crippen LogP contribution < -0.4 is 0 Å². The molecule has 0 unspecified atom stereocenters. The smallest absolute Gasteiger partial charge is 0.247 e. The van der Waals surface area contributed by atoms with Crippen LogP contribution in [0.4, 0.5) is 0 Å². The van der Waals surface area contributed by atoms with Gasteiger partial charge in [0.2, 0.25) is 12.3 Å². The highest BCUT2D eigenvalue weighted by Gasteiger charge is 2.49. The van der Waals surface area contributed by atoms with E-state index < -0.39 is 0 Å². The van der Waals surface area contributed by atoms with Gasteiger partial charge in [0.05, 0.1) is 29.6 Å². The third-order valence-corrected chi connectivity index (χ3v) is 7.43. The summed E-state index contributed by atoms with van der Waals surface area (Å²) < 4.78 is 6.16. The van der Waals surface area contributed by atoms with Gasteiger partial charge in [-0.3, -0.25) is 4.99 Å². The van der Waals surface area contributed by atoms with E-state index in [1.807, 2.05) is 18.2 Å². The van der Waals surface area contributed by atoms with Crippen molar-refractivity contribution in [3.05, 3.63) is 59.7 Å². The third kappa shape index (κ3) is 3.35. The molecule has 32 heavy (non-hydrogen) atoms. The van der Waals surface area contributed by atoms with Crippen LogP contribution >= 0.6 is 23.5 Å². The monoisotopic (exact) mass is 459 g/mol. The lowest BCUT2D eigenvalue weighted by molar-refractivity contribution is 0.568. The zero-order valence-corrected chi connectivity index (χ0v) is 18.0. The topological polar surface area (TPSA) is 132 Å². The van der Waals surface area contributed by atoms with E-state index in [0.717, 1.165) is 38.9 Å². The first-order valence-corrected chi connectivity index (χ1v) is 11.5. The standard InChI is InChI=1S/C20H13N9OS2/c21-9-14-7-12(17-27-22-11-30-17)1-2-13(14)10-31-19-25-20(3-4-20)15-8-16(26-28-18(15)32-19)29-23-5-6-24-29/h1-2,5-8,11H,3-4,10H2. The van der Waals surface area contributed by atoms with E-state index in [2.05, 4.69) is 36.7 Å². The molecule has 1 spiro atoms. The largest absolute Gasteiger partial charge is 0.423 e. The minimum Gasteiger partial charge on any atom is -0.423 e. The predicted molar refractivity (Wildman–Crippen MR) is 117 cm³/mol. The van der Waals surface area contributed by atoms with Gasteiger partial charge in [-0.05, 0) is 48.4 Å². The minimum absolute atomic E-state index is 0.235. The molecule has 1 aromatic carbocycles. The molecule has 10 nitrogen and oxygen atoms in total. The number of aliphatic imine (C=N–C) groups is 1. The van der Waals surface area contributed by atoms with Gasteiger partial charge in [0, 0.05) is 16.9 Å². The van der Waals surface area contributed by atoms with Crippen LogP contribution in [0, 0.1) is 11.3 Å². The van der Waals surface area contributed by atoms with Crippen molar-refractivity contribution in [2.45, 2.75) is 29.2 Å². The van der Waals surface area contributed by atoms with Gasteiger partial charge < -0.3 is 4.42 Å². The quantitative estimate of drug-likeness (QED) is 0.447. The third-order valence-electron chi connectivity index (χ3n) is 5.27. The lowest BCUT2D eigenvalue weighted by Crippen LogP contribution is -2.16. The van der Waals surface area contributed by atoms with E-state index in [0.29, 0.717) is 23.0 Å². The summed E-state index contributed by atoms with van der Waals surface area (Å²) in [4.78, 5) is 6.49. The molecule has 1 aliphatic carbocycles. The van der Waals surface area contributed by atoms with E-state index in [-0.39, 0.29) is 5.54 Å². The Morgan fingerprint density at radius 2 is 2.03 bits per heavy atom. The molecule has 4 aromatic rings. The van der Waals surface area contributed by atoms with Gasteiger partial charge in [0.1, 0.15) is 9.40 Å². The van der Waals surface area contributed by atoms with Gasteiger partial charge in [0.25, 0.3) is 0 Å². The van der Waals surface area contributed by atoms with Crippen molar-refractivity contribution in [3.8, 4) is 23.3 Å². The Labute approximate surface area is 190 Å². The molecule has 0 radical (unpaired) electrons. The molecule has 0 saturated heterocycles. The molecule has 1 saturated carbocycles. The fourth-order valence-corrected chi connectivity index (χ4v) is 5.74. The van der Waals surface area contributed by atoms with Gasteiger partial charge in [-0.25, -0.2) is 0 Å². The summed E-state index contributed by atoms with van der Waals surface area (Å²) in [5, 5.41) is 35.1. The fourth-order valence-electron chi connectivity index (χ4n) is 3.49. The maximum absolute atomic E-state index is 9.61. The van der Waals surface area contributed by atoms with Crippen LogP contribution in [0.15, 0.2) is 57.5 Å². The molecule has 4 heterocycles. The highest BCUT2D eigenvalue weighted by Crippen LogP contribution is 2.56. The van der Waals surface area contributed by atoms with Gasteiger partial charge in [0.15, 0.2) is 5.82 Å².